The van der Waals surface area contributed by atoms with Crippen LogP contribution in [0.4, 0.5) is 0 Å². The molecule has 8 aromatic rings. The Morgan fingerprint density at radius 2 is 1.10 bits per heavy atom. The first-order chi connectivity index (χ1) is 20.8. The van der Waals surface area contributed by atoms with E-state index >= 15 is 0 Å². The van der Waals surface area contributed by atoms with Gasteiger partial charge in [-0.2, -0.15) is 0 Å². The molecule has 0 unspecified atom stereocenters. The Morgan fingerprint density at radius 1 is 0.500 bits per heavy atom. The molecule has 3 aromatic heterocycles. The minimum Gasteiger partial charge on any atom is -0.342 e. The van der Waals surface area contributed by atoms with Crippen LogP contribution in [0.25, 0.3) is 72.7 Å². The number of aromatic amines is 1. The second kappa shape index (κ2) is 9.98. The highest BCUT2D eigenvalue weighted by atomic mass is 15.0. The fraction of sp³-hybridized carbons (Fsp3) is 0. The Balaban J connectivity index is 1.27. The molecule has 0 bridgehead atoms. The molecule has 0 saturated heterocycles. The van der Waals surface area contributed by atoms with Crippen molar-refractivity contribution in [1.82, 2.24) is 24.5 Å². The molecule has 0 aliphatic rings. The van der Waals surface area contributed by atoms with Gasteiger partial charge >= 0.3 is 0 Å². The number of imidazole rings is 1. The second-order valence-corrected chi connectivity index (χ2v) is 10.3. The third-order valence-electron chi connectivity index (χ3n) is 7.73. The first-order valence-electron chi connectivity index (χ1n) is 13.9. The van der Waals surface area contributed by atoms with Crippen molar-refractivity contribution in [2.24, 2.45) is 0 Å². The highest BCUT2D eigenvalue weighted by Crippen LogP contribution is 2.34. The van der Waals surface area contributed by atoms with Gasteiger partial charge in [0, 0.05) is 27.6 Å². The maximum absolute atomic E-state index is 4.99. The van der Waals surface area contributed by atoms with Crippen LogP contribution in [0.3, 0.4) is 0 Å². The van der Waals surface area contributed by atoms with Crippen LogP contribution in [0.15, 0.2) is 146 Å². The van der Waals surface area contributed by atoms with Crippen molar-refractivity contribution in [3.63, 3.8) is 0 Å². The van der Waals surface area contributed by atoms with E-state index < -0.39 is 0 Å². The van der Waals surface area contributed by atoms with Crippen LogP contribution in [0.1, 0.15) is 0 Å². The number of para-hydroxylation sites is 2. The molecule has 0 atom stereocenters. The predicted molar refractivity (Wildman–Crippen MR) is 170 cm³/mol. The molecule has 0 amide bonds. The van der Waals surface area contributed by atoms with E-state index in [0.717, 1.165) is 33.9 Å². The van der Waals surface area contributed by atoms with Gasteiger partial charge in [-0.3, -0.25) is 0 Å². The second-order valence-electron chi connectivity index (χ2n) is 10.3. The van der Waals surface area contributed by atoms with Gasteiger partial charge in [-0.1, -0.05) is 103 Å². The summed E-state index contributed by atoms with van der Waals surface area (Å²) in [7, 11) is 0. The summed E-state index contributed by atoms with van der Waals surface area (Å²) in [6.45, 7) is 0. The van der Waals surface area contributed by atoms with Gasteiger partial charge in [-0.05, 0) is 41.5 Å². The first kappa shape index (κ1) is 24.0. The van der Waals surface area contributed by atoms with Gasteiger partial charge in [0.1, 0.15) is 5.69 Å². The van der Waals surface area contributed by atoms with Crippen LogP contribution < -0.4 is 0 Å². The summed E-state index contributed by atoms with van der Waals surface area (Å²) in [5.41, 5.74) is 10.3. The molecule has 5 heteroatoms. The number of H-pyrrole nitrogens is 1. The molecule has 5 aromatic carbocycles. The van der Waals surface area contributed by atoms with Gasteiger partial charge in [0.15, 0.2) is 5.82 Å². The third-order valence-corrected chi connectivity index (χ3v) is 7.73. The van der Waals surface area contributed by atoms with Crippen LogP contribution in [-0.4, -0.2) is 24.5 Å². The molecule has 42 heavy (non-hydrogen) atoms. The summed E-state index contributed by atoms with van der Waals surface area (Å²) in [4.78, 5) is 17.3. The van der Waals surface area contributed by atoms with E-state index in [-0.39, 0.29) is 0 Å². The number of nitrogens with one attached hydrogen (secondary N) is 1. The van der Waals surface area contributed by atoms with Crippen molar-refractivity contribution in [2.45, 2.75) is 0 Å². The van der Waals surface area contributed by atoms with E-state index in [4.69, 9.17) is 9.97 Å². The maximum atomic E-state index is 4.99. The van der Waals surface area contributed by atoms with E-state index in [1.165, 1.54) is 32.9 Å². The monoisotopic (exact) mass is 539 g/mol. The molecule has 198 valence electrons. The van der Waals surface area contributed by atoms with Crippen LogP contribution in [0, 0.1) is 0 Å². The van der Waals surface area contributed by atoms with Gasteiger partial charge in [-0.25, -0.2) is 15.0 Å². The largest absolute Gasteiger partial charge is 0.342 e. The Morgan fingerprint density at radius 3 is 1.79 bits per heavy atom. The molecule has 5 nitrogen and oxygen atoms in total. The number of hydrogen-bond donors (Lipinski definition) is 1. The highest BCUT2D eigenvalue weighted by Gasteiger charge is 2.15. The summed E-state index contributed by atoms with van der Waals surface area (Å²) in [6, 6.07) is 46.7. The lowest BCUT2D eigenvalue weighted by Gasteiger charge is -2.12. The summed E-state index contributed by atoms with van der Waals surface area (Å²) in [5.74, 6) is 0.606. The SMILES string of the molecule is c1ccc(-c2ccc(-c3cc(-c4cccc(-n5c6ccccc6c6ccccc65)c4)nc(-c4cnc[nH]4)n3)cc2)cc1. The fourth-order valence-electron chi connectivity index (χ4n) is 5.71. The molecule has 8 rings (SSSR count). The Bertz CT molecular complexity index is 2120. The third kappa shape index (κ3) is 4.16. The minimum absolute atomic E-state index is 0.606. The predicted octanol–water partition coefficient (Wildman–Crippen LogP) is 8.96. The molecular weight excluding hydrogens is 514 g/mol. The number of benzene rings is 5. The summed E-state index contributed by atoms with van der Waals surface area (Å²) in [6.07, 6.45) is 3.42. The lowest BCUT2D eigenvalue weighted by molar-refractivity contribution is 1.15. The Kier molecular flexibility index (Phi) is 5.71. The molecule has 0 fully saturated rings. The van der Waals surface area contributed by atoms with Gasteiger partial charge < -0.3 is 9.55 Å². The van der Waals surface area contributed by atoms with Crippen molar-refractivity contribution in [3.05, 3.63) is 146 Å². The van der Waals surface area contributed by atoms with Crippen molar-refractivity contribution in [2.75, 3.05) is 0 Å². The van der Waals surface area contributed by atoms with Crippen molar-refractivity contribution in [1.29, 1.82) is 0 Å². The minimum atomic E-state index is 0.606. The highest BCUT2D eigenvalue weighted by molar-refractivity contribution is 6.09. The van der Waals surface area contributed by atoms with Crippen molar-refractivity contribution >= 4 is 21.8 Å². The van der Waals surface area contributed by atoms with Crippen LogP contribution in [0.2, 0.25) is 0 Å². The number of aromatic nitrogens is 5. The number of hydrogen-bond acceptors (Lipinski definition) is 3. The van der Waals surface area contributed by atoms with E-state index in [1.807, 2.05) is 6.07 Å². The van der Waals surface area contributed by atoms with Crippen LogP contribution in [-0.2, 0) is 0 Å². The lowest BCUT2D eigenvalue weighted by atomic mass is 10.0. The molecule has 0 radical (unpaired) electrons. The Hall–Kier alpha value is -5.81. The smallest absolute Gasteiger partial charge is 0.178 e. The summed E-state index contributed by atoms with van der Waals surface area (Å²) >= 11 is 0. The number of fused-ring (bicyclic) bond motifs is 3. The molecule has 0 saturated carbocycles. The van der Waals surface area contributed by atoms with Crippen LogP contribution in [0.5, 0.6) is 0 Å². The normalized spacial score (nSPS) is 11.3. The quantitative estimate of drug-likeness (QED) is 0.237. The first-order valence-corrected chi connectivity index (χ1v) is 13.9. The van der Waals surface area contributed by atoms with Gasteiger partial charge in [0.05, 0.1) is 34.9 Å². The van der Waals surface area contributed by atoms with Gasteiger partial charge in [-0.15, -0.1) is 0 Å². The average molecular weight is 540 g/mol. The molecule has 0 aliphatic heterocycles. The lowest BCUT2D eigenvalue weighted by Crippen LogP contribution is -1.98. The number of nitrogens with zero attached hydrogens (tertiary/aromatic N) is 4. The molecule has 0 spiro atoms. The fourth-order valence-corrected chi connectivity index (χ4v) is 5.71. The molecule has 1 N–H and O–H groups in total. The van der Waals surface area contributed by atoms with E-state index in [2.05, 4.69) is 142 Å². The van der Waals surface area contributed by atoms with Crippen molar-refractivity contribution < 1.29 is 0 Å². The average Bonchev–Trinajstić information content (AvgIpc) is 3.72. The zero-order chi connectivity index (χ0) is 27.9. The zero-order valence-electron chi connectivity index (χ0n) is 22.6. The van der Waals surface area contributed by atoms with E-state index in [0.29, 0.717) is 5.82 Å². The topological polar surface area (TPSA) is 59.4 Å². The maximum Gasteiger partial charge on any atom is 0.178 e. The summed E-state index contributed by atoms with van der Waals surface area (Å²) in [5, 5.41) is 2.48. The molecular formula is C37H25N5. The molecule has 0 aliphatic carbocycles. The van der Waals surface area contributed by atoms with Gasteiger partial charge in [0.2, 0.25) is 0 Å². The standard InChI is InChI=1S/C37H25N5/c1-2-9-25(10-3-1)26-17-19-27(20-18-26)32-22-33(41-37(40-32)34-23-38-24-39-34)28-11-8-12-29(21-28)42-35-15-6-4-13-30(35)31-14-5-7-16-36(31)42/h1-24H,(H,38,39). The Labute approximate surface area is 242 Å². The summed E-state index contributed by atoms with van der Waals surface area (Å²) < 4.78 is 2.33. The molecule has 3 heterocycles. The van der Waals surface area contributed by atoms with Crippen molar-refractivity contribution in [3.8, 4) is 50.8 Å². The van der Waals surface area contributed by atoms with Crippen LogP contribution >= 0.6 is 0 Å². The van der Waals surface area contributed by atoms with Gasteiger partial charge in [0.25, 0.3) is 0 Å². The van der Waals surface area contributed by atoms with E-state index in [9.17, 15) is 0 Å². The zero-order valence-corrected chi connectivity index (χ0v) is 22.6. The van der Waals surface area contributed by atoms with E-state index in [1.54, 1.807) is 12.5 Å². The number of rotatable bonds is 5.